The number of carbonyl (C=O) groups is 1. The Bertz CT molecular complexity index is 693. The number of halogens is 1. The highest BCUT2D eigenvalue weighted by molar-refractivity contribution is 7.17. The SMILES string of the molecule is Cc1nc(-c2ccc(Cl)cc2)sc1C(=O)NCCC1CCCNC1. The number of carbonyl (C=O) groups excluding carboxylic acids is 1. The Labute approximate surface area is 151 Å². The molecule has 0 bridgehead atoms. The lowest BCUT2D eigenvalue weighted by molar-refractivity contribution is 0.0954. The van der Waals surface area contributed by atoms with E-state index in [1.807, 2.05) is 31.2 Å². The van der Waals surface area contributed by atoms with Gasteiger partial charge in [-0.25, -0.2) is 4.98 Å². The summed E-state index contributed by atoms with van der Waals surface area (Å²) in [6, 6.07) is 7.54. The van der Waals surface area contributed by atoms with Gasteiger partial charge < -0.3 is 10.6 Å². The monoisotopic (exact) mass is 363 g/mol. The number of piperidine rings is 1. The maximum absolute atomic E-state index is 12.4. The summed E-state index contributed by atoms with van der Waals surface area (Å²) < 4.78 is 0. The van der Waals surface area contributed by atoms with Gasteiger partial charge in [-0.3, -0.25) is 4.79 Å². The van der Waals surface area contributed by atoms with Crippen LogP contribution in [0.4, 0.5) is 0 Å². The quantitative estimate of drug-likeness (QED) is 0.847. The number of benzene rings is 1. The van der Waals surface area contributed by atoms with Crippen LogP contribution in [0.5, 0.6) is 0 Å². The van der Waals surface area contributed by atoms with Crippen LogP contribution in [0.3, 0.4) is 0 Å². The number of rotatable bonds is 5. The van der Waals surface area contributed by atoms with Crippen LogP contribution in [0, 0.1) is 12.8 Å². The van der Waals surface area contributed by atoms with E-state index in [0.29, 0.717) is 15.8 Å². The van der Waals surface area contributed by atoms with Gasteiger partial charge in [0.15, 0.2) is 0 Å². The van der Waals surface area contributed by atoms with Crippen molar-refractivity contribution >= 4 is 28.8 Å². The number of aromatic nitrogens is 1. The van der Waals surface area contributed by atoms with Gasteiger partial charge in [0.1, 0.15) is 9.88 Å². The first-order chi connectivity index (χ1) is 11.6. The van der Waals surface area contributed by atoms with Gasteiger partial charge in [0.25, 0.3) is 5.91 Å². The number of aryl methyl sites for hydroxylation is 1. The number of thiazole rings is 1. The predicted octanol–water partition coefficient (Wildman–Crippen LogP) is 3.89. The summed E-state index contributed by atoms with van der Waals surface area (Å²) in [4.78, 5) is 17.7. The minimum atomic E-state index is -0.0195. The number of nitrogens with one attached hydrogen (secondary N) is 2. The van der Waals surface area contributed by atoms with Gasteiger partial charge in [-0.05, 0) is 57.3 Å². The van der Waals surface area contributed by atoms with Crippen molar-refractivity contribution in [1.29, 1.82) is 0 Å². The Kier molecular flexibility index (Phi) is 5.87. The molecule has 2 heterocycles. The van der Waals surface area contributed by atoms with E-state index in [-0.39, 0.29) is 5.91 Å². The van der Waals surface area contributed by atoms with Crippen LogP contribution in [-0.2, 0) is 0 Å². The van der Waals surface area contributed by atoms with Crippen LogP contribution < -0.4 is 10.6 Å². The minimum absolute atomic E-state index is 0.0195. The van der Waals surface area contributed by atoms with E-state index in [1.54, 1.807) is 0 Å². The van der Waals surface area contributed by atoms with Gasteiger partial charge in [-0.15, -0.1) is 11.3 Å². The molecule has 3 rings (SSSR count). The zero-order valence-electron chi connectivity index (χ0n) is 13.8. The molecule has 2 aromatic rings. The lowest BCUT2D eigenvalue weighted by Gasteiger charge is -2.22. The molecular formula is C18H22ClN3OS. The average molecular weight is 364 g/mol. The molecule has 0 spiro atoms. The first kappa shape index (κ1) is 17.4. The largest absolute Gasteiger partial charge is 0.351 e. The molecule has 1 aliphatic rings. The molecule has 4 nitrogen and oxygen atoms in total. The standard InChI is InChI=1S/C18H22ClN3OS/c1-12-16(17(23)21-10-8-13-3-2-9-20-11-13)24-18(22-12)14-4-6-15(19)7-5-14/h4-7,13,20H,2-3,8-11H2,1H3,(H,21,23). The second-order valence-corrected chi connectivity index (χ2v) is 7.63. The fourth-order valence-electron chi connectivity index (χ4n) is 2.96. The summed E-state index contributed by atoms with van der Waals surface area (Å²) in [5.74, 6) is 0.653. The van der Waals surface area contributed by atoms with Crippen LogP contribution in [-0.4, -0.2) is 30.5 Å². The van der Waals surface area contributed by atoms with E-state index in [0.717, 1.165) is 42.3 Å². The van der Waals surface area contributed by atoms with Crippen molar-refractivity contribution in [1.82, 2.24) is 15.6 Å². The highest BCUT2D eigenvalue weighted by atomic mass is 35.5. The van der Waals surface area contributed by atoms with Crippen LogP contribution in [0.2, 0.25) is 5.02 Å². The molecule has 0 aliphatic carbocycles. The fourth-order valence-corrected chi connectivity index (χ4v) is 4.08. The Morgan fingerprint density at radius 1 is 1.42 bits per heavy atom. The summed E-state index contributed by atoms with van der Waals surface area (Å²) in [5, 5.41) is 8.00. The summed E-state index contributed by atoms with van der Waals surface area (Å²) in [6.07, 6.45) is 3.51. The van der Waals surface area contributed by atoms with Gasteiger partial charge in [0.2, 0.25) is 0 Å². The maximum Gasteiger partial charge on any atom is 0.263 e. The van der Waals surface area contributed by atoms with Crippen LogP contribution in [0.15, 0.2) is 24.3 Å². The maximum atomic E-state index is 12.4. The van der Waals surface area contributed by atoms with Crippen molar-refractivity contribution in [3.8, 4) is 10.6 Å². The molecular weight excluding hydrogens is 342 g/mol. The van der Waals surface area contributed by atoms with Crippen molar-refractivity contribution in [3.63, 3.8) is 0 Å². The molecule has 1 fully saturated rings. The highest BCUT2D eigenvalue weighted by Crippen LogP contribution is 2.28. The van der Waals surface area contributed by atoms with Crippen molar-refractivity contribution < 1.29 is 4.79 Å². The second kappa shape index (κ2) is 8.10. The molecule has 1 unspecified atom stereocenters. The van der Waals surface area contributed by atoms with Gasteiger partial charge in [0, 0.05) is 17.1 Å². The van der Waals surface area contributed by atoms with Crippen molar-refractivity contribution in [2.45, 2.75) is 26.2 Å². The number of hydrogen-bond acceptors (Lipinski definition) is 4. The second-order valence-electron chi connectivity index (χ2n) is 6.20. The van der Waals surface area contributed by atoms with Crippen LogP contribution in [0.1, 0.15) is 34.6 Å². The molecule has 1 saturated heterocycles. The topological polar surface area (TPSA) is 54.0 Å². The first-order valence-corrected chi connectivity index (χ1v) is 9.55. The summed E-state index contributed by atoms with van der Waals surface area (Å²) in [5.41, 5.74) is 1.77. The van der Waals surface area contributed by atoms with E-state index in [9.17, 15) is 4.79 Å². The molecule has 128 valence electrons. The lowest BCUT2D eigenvalue weighted by atomic mass is 9.96. The Morgan fingerprint density at radius 2 is 2.21 bits per heavy atom. The molecule has 24 heavy (non-hydrogen) atoms. The molecule has 1 aromatic carbocycles. The van der Waals surface area contributed by atoms with Crippen LogP contribution in [0.25, 0.3) is 10.6 Å². The average Bonchev–Trinajstić information content (AvgIpc) is 2.98. The van der Waals surface area contributed by atoms with E-state index < -0.39 is 0 Å². The Hall–Kier alpha value is -1.43. The van der Waals surface area contributed by atoms with Crippen molar-refractivity contribution in [2.24, 2.45) is 5.92 Å². The van der Waals surface area contributed by atoms with Gasteiger partial charge in [0.05, 0.1) is 5.69 Å². The predicted molar refractivity (Wildman–Crippen MR) is 99.8 cm³/mol. The van der Waals surface area contributed by atoms with Gasteiger partial charge in [-0.1, -0.05) is 23.7 Å². The minimum Gasteiger partial charge on any atom is -0.351 e. The van der Waals surface area contributed by atoms with E-state index in [4.69, 9.17) is 11.6 Å². The molecule has 0 saturated carbocycles. The Morgan fingerprint density at radius 3 is 2.92 bits per heavy atom. The first-order valence-electron chi connectivity index (χ1n) is 8.36. The van der Waals surface area contributed by atoms with Gasteiger partial charge in [-0.2, -0.15) is 0 Å². The van der Waals surface area contributed by atoms with Crippen molar-refractivity contribution in [2.75, 3.05) is 19.6 Å². The zero-order chi connectivity index (χ0) is 16.9. The molecule has 1 amide bonds. The summed E-state index contributed by atoms with van der Waals surface area (Å²) in [6.45, 7) is 4.79. The summed E-state index contributed by atoms with van der Waals surface area (Å²) in [7, 11) is 0. The third-order valence-electron chi connectivity index (χ3n) is 4.33. The molecule has 1 atom stereocenters. The van der Waals surface area contributed by atoms with Crippen molar-refractivity contribution in [3.05, 3.63) is 39.9 Å². The number of nitrogens with zero attached hydrogens (tertiary/aromatic N) is 1. The molecule has 2 N–H and O–H groups in total. The van der Waals surface area contributed by atoms with E-state index >= 15 is 0 Å². The molecule has 0 radical (unpaired) electrons. The number of hydrogen-bond donors (Lipinski definition) is 2. The van der Waals surface area contributed by atoms with Crippen LogP contribution >= 0.6 is 22.9 Å². The lowest BCUT2D eigenvalue weighted by Crippen LogP contribution is -2.33. The number of amides is 1. The van der Waals surface area contributed by atoms with E-state index in [2.05, 4.69) is 15.6 Å². The third kappa shape index (κ3) is 4.35. The highest BCUT2D eigenvalue weighted by Gasteiger charge is 2.17. The summed E-state index contributed by atoms with van der Waals surface area (Å²) >= 11 is 7.36. The smallest absolute Gasteiger partial charge is 0.263 e. The van der Waals surface area contributed by atoms with E-state index in [1.165, 1.54) is 24.2 Å². The zero-order valence-corrected chi connectivity index (χ0v) is 15.3. The molecule has 1 aliphatic heterocycles. The third-order valence-corrected chi connectivity index (χ3v) is 5.79. The molecule has 6 heteroatoms. The fraction of sp³-hybridized carbons (Fsp3) is 0.444. The van der Waals surface area contributed by atoms with Gasteiger partial charge >= 0.3 is 0 Å². The molecule has 1 aromatic heterocycles. The normalized spacial score (nSPS) is 17.7. The Balaban J connectivity index is 1.59.